The normalized spacial score (nSPS) is 21.6. The van der Waals surface area contributed by atoms with Crippen LogP contribution in [0.1, 0.15) is 52.9 Å². The lowest BCUT2D eigenvalue weighted by molar-refractivity contribution is 0.0567. The lowest BCUT2D eigenvalue weighted by Gasteiger charge is -2.34. The van der Waals surface area contributed by atoms with E-state index in [1.165, 1.54) is 25.7 Å². The highest BCUT2D eigenvalue weighted by Gasteiger charge is 2.37. The van der Waals surface area contributed by atoms with Gasteiger partial charge in [0.15, 0.2) is 5.76 Å². The molecule has 0 radical (unpaired) electrons. The summed E-state index contributed by atoms with van der Waals surface area (Å²) < 4.78 is 17.4. The Bertz CT molecular complexity index is 891. The Labute approximate surface area is 152 Å². The maximum absolute atomic E-state index is 12.9. The Kier molecular flexibility index (Phi) is 3.64. The highest BCUT2D eigenvalue weighted by Crippen LogP contribution is 2.44. The number of hydrogen-bond donors (Lipinski definition) is 0. The zero-order valence-corrected chi connectivity index (χ0v) is 14.8. The predicted molar refractivity (Wildman–Crippen MR) is 96.1 cm³/mol. The average molecular weight is 351 g/mol. The molecule has 1 saturated carbocycles. The Morgan fingerprint density at radius 2 is 2.12 bits per heavy atom. The summed E-state index contributed by atoms with van der Waals surface area (Å²) >= 11 is 0. The van der Waals surface area contributed by atoms with E-state index in [0.29, 0.717) is 35.6 Å². The summed E-state index contributed by atoms with van der Waals surface area (Å²) in [5.41, 5.74) is 2.53. The van der Waals surface area contributed by atoms with Crippen LogP contribution in [0.4, 0.5) is 0 Å². The molecule has 3 aliphatic rings. The molecule has 5 nitrogen and oxygen atoms in total. The van der Waals surface area contributed by atoms with Crippen molar-refractivity contribution in [2.45, 2.75) is 45.2 Å². The first-order chi connectivity index (χ1) is 12.7. The van der Waals surface area contributed by atoms with Crippen molar-refractivity contribution < 1.29 is 18.7 Å². The van der Waals surface area contributed by atoms with Crippen molar-refractivity contribution in [2.24, 2.45) is 0 Å². The quantitative estimate of drug-likeness (QED) is 0.755. The summed E-state index contributed by atoms with van der Waals surface area (Å²) in [6.07, 6.45) is 8.24. The van der Waals surface area contributed by atoms with Gasteiger partial charge in [-0.25, -0.2) is 0 Å². The summed E-state index contributed by atoms with van der Waals surface area (Å²) in [7, 11) is 0. The van der Waals surface area contributed by atoms with Gasteiger partial charge in [0.25, 0.3) is 0 Å². The Morgan fingerprint density at radius 1 is 1.27 bits per heavy atom. The molecule has 0 N–H and O–H groups in total. The summed E-state index contributed by atoms with van der Waals surface area (Å²) in [6.45, 7) is 3.31. The van der Waals surface area contributed by atoms with Crippen LogP contribution < -0.4 is 9.47 Å². The van der Waals surface area contributed by atoms with Crippen LogP contribution >= 0.6 is 0 Å². The smallest absolute Gasteiger partial charge is 0.232 e. The molecule has 0 spiro atoms. The maximum Gasteiger partial charge on any atom is 0.232 e. The molecule has 0 saturated heterocycles. The zero-order chi connectivity index (χ0) is 17.7. The topological polar surface area (TPSA) is 51.9 Å². The number of rotatable bonds is 2. The fourth-order valence-electron chi connectivity index (χ4n) is 4.25. The lowest BCUT2D eigenvalue weighted by atomic mass is 9.98. The molecule has 0 atom stereocenters. The fourth-order valence-corrected chi connectivity index (χ4v) is 4.25. The van der Waals surface area contributed by atoms with Gasteiger partial charge >= 0.3 is 0 Å². The number of ketones is 1. The van der Waals surface area contributed by atoms with E-state index in [-0.39, 0.29) is 5.78 Å². The Balaban J connectivity index is 1.53. The molecular weight excluding hydrogens is 330 g/mol. The van der Waals surface area contributed by atoms with Gasteiger partial charge in [0, 0.05) is 18.7 Å². The third kappa shape index (κ3) is 2.46. The van der Waals surface area contributed by atoms with E-state index in [2.05, 4.69) is 4.90 Å². The number of benzene rings is 1. The Hall–Kier alpha value is -2.53. The number of ether oxygens (including phenoxy) is 2. The maximum atomic E-state index is 12.9. The number of allylic oxidation sites excluding steroid dienone is 1. The first-order valence-corrected chi connectivity index (χ1v) is 9.22. The zero-order valence-electron chi connectivity index (χ0n) is 14.8. The second kappa shape index (κ2) is 6.02. The minimum absolute atomic E-state index is 0.0883. The second-order valence-corrected chi connectivity index (χ2v) is 7.29. The van der Waals surface area contributed by atoms with Crippen molar-refractivity contribution >= 4 is 11.9 Å². The predicted octanol–water partition coefficient (Wildman–Crippen LogP) is 4.30. The van der Waals surface area contributed by atoms with Crippen LogP contribution in [0.15, 0.2) is 34.6 Å². The second-order valence-electron chi connectivity index (χ2n) is 7.29. The monoisotopic (exact) mass is 351 g/mol. The van der Waals surface area contributed by atoms with Gasteiger partial charge in [-0.15, -0.1) is 0 Å². The van der Waals surface area contributed by atoms with Gasteiger partial charge in [0.2, 0.25) is 5.78 Å². The van der Waals surface area contributed by atoms with E-state index in [1.54, 1.807) is 24.5 Å². The molecule has 1 aromatic carbocycles. The largest absolute Gasteiger partial charge is 0.478 e. The summed E-state index contributed by atoms with van der Waals surface area (Å²) in [6, 6.07) is 6.13. The highest BCUT2D eigenvalue weighted by atomic mass is 16.5. The van der Waals surface area contributed by atoms with Gasteiger partial charge in [-0.3, -0.25) is 9.69 Å². The third-order valence-corrected chi connectivity index (χ3v) is 5.61. The minimum Gasteiger partial charge on any atom is -0.478 e. The summed E-state index contributed by atoms with van der Waals surface area (Å²) in [5.74, 6) is 2.32. The van der Waals surface area contributed by atoms with Crippen molar-refractivity contribution in [1.29, 1.82) is 0 Å². The Morgan fingerprint density at radius 3 is 2.88 bits per heavy atom. The molecule has 1 aliphatic carbocycles. The number of nitrogens with zero attached hydrogens (tertiary/aromatic N) is 1. The van der Waals surface area contributed by atoms with Crippen LogP contribution in [-0.4, -0.2) is 23.5 Å². The molecule has 1 fully saturated rings. The molecule has 26 heavy (non-hydrogen) atoms. The minimum atomic E-state index is -0.0883. The van der Waals surface area contributed by atoms with E-state index >= 15 is 0 Å². The average Bonchev–Trinajstić information content (AvgIpc) is 3.38. The van der Waals surface area contributed by atoms with Crippen LogP contribution in [0.25, 0.3) is 6.08 Å². The number of furan rings is 1. The molecule has 134 valence electrons. The standard InChI is InChI=1S/C21H21NO4/c1-13-9-17-16(11-22(12-25-17)14-5-2-3-6-14)21-19(13)20(23)18(26-21)10-15-7-4-8-24-15/h4,7-10,14H,2-3,5-6,11-12H2,1H3/b18-10-. The van der Waals surface area contributed by atoms with Crippen LogP contribution in [0.3, 0.4) is 0 Å². The molecule has 3 heterocycles. The number of carbonyl (C=O) groups excluding carboxylic acids is 1. The van der Waals surface area contributed by atoms with Crippen molar-refractivity contribution in [1.82, 2.24) is 4.90 Å². The third-order valence-electron chi connectivity index (χ3n) is 5.61. The van der Waals surface area contributed by atoms with Crippen molar-refractivity contribution in [2.75, 3.05) is 6.73 Å². The first-order valence-electron chi connectivity index (χ1n) is 9.22. The number of hydrogen-bond acceptors (Lipinski definition) is 5. The first kappa shape index (κ1) is 15.7. The molecule has 5 rings (SSSR count). The number of aryl methyl sites for hydroxylation is 1. The number of fused-ring (bicyclic) bond motifs is 3. The molecular formula is C21H21NO4. The van der Waals surface area contributed by atoms with E-state index in [1.807, 2.05) is 13.0 Å². The summed E-state index contributed by atoms with van der Waals surface area (Å²) in [4.78, 5) is 15.2. The van der Waals surface area contributed by atoms with Gasteiger partial charge in [-0.2, -0.15) is 0 Å². The van der Waals surface area contributed by atoms with Gasteiger partial charge in [0.05, 0.1) is 17.4 Å². The highest BCUT2D eigenvalue weighted by molar-refractivity contribution is 6.15. The molecule has 0 unspecified atom stereocenters. The van der Waals surface area contributed by atoms with Gasteiger partial charge in [-0.1, -0.05) is 12.8 Å². The molecule has 2 aliphatic heterocycles. The van der Waals surface area contributed by atoms with Gasteiger partial charge < -0.3 is 13.9 Å². The van der Waals surface area contributed by atoms with E-state index in [0.717, 1.165) is 23.4 Å². The number of carbonyl (C=O) groups is 1. The van der Waals surface area contributed by atoms with Gasteiger partial charge in [0.1, 0.15) is 24.0 Å². The fraction of sp³-hybridized carbons (Fsp3) is 0.381. The van der Waals surface area contributed by atoms with Crippen molar-refractivity contribution in [3.63, 3.8) is 0 Å². The molecule has 2 aromatic rings. The van der Waals surface area contributed by atoms with Crippen LogP contribution in [0.5, 0.6) is 11.5 Å². The van der Waals surface area contributed by atoms with Crippen molar-refractivity contribution in [3.05, 3.63) is 52.7 Å². The van der Waals surface area contributed by atoms with Crippen LogP contribution in [0, 0.1) is 6.92 Å². The molecule has 0 bridgehead atoms. The summed E-state index contributed by atoms with van der Waals surface area (Å²) in [5, 5.41) is 0. The van der Waals surface area contributed by atoms with Crippen molar-refractivity contribution in [3.8, 4) is 11.5 Å². The van der Waals surface area contributed by atoms with E-state index < -0.39 is 0 Å². The number of Topliss-reactive ketones (excluding diaryl/α,β-unsaturated/α-hetero) is 1. The van der Waals surface area contributed by atoms with Crippen LogP contribution in [0.2, 0.25) is 0 Å². The molecule has 5 heteroatoms. The van der Waals surface area contributed by atoms with Gasteiger partial charge in [-0.05, 0) is 43.5 Å². The van der Waals surface area contributed by atoms with Crippen LogP contribution in [-0.2, 0) is 6.54 Å². The van der Waals surface area contributed by atoms with E-state index in [4.69, 9.17) is 13.9 Å². The lowest BCUT2D eigenvalue weighted by Crippen LogP contribution is -2.39. The molecule has 0 amide bonds. The SMILES string of the molecule is Cc1cc2c(c3c1C(=O)/C(=C/c1ccco1)O3)CN(C1CCCC1)CO2. The molecule has 1 aromatic heterocycles. The van der Waals surface area contributed by atoms with E-state index in [9.17, 15) is 4.79 Å².